The molecule has 1 aliphatic heterocycles. The average Bonchev–Trinajstić information content (AvgIpc) is 2.83. The van der Waals surface area contributed by atoms with Gasteiger partial charge in [0.1, 0.15) is 18.3 Å². The van der Waals surface area contributed by atoms with Crippen molar-refractivity contribution in [1.82, 2.24) is 10.6 Å². The van der Waals surface area contributed by atoms with Gasteiger partial charge < -0.3 is 36.2 Å². The summed E-state index contributed by atoms with van der Waals surface area (Å²) in [6.07, 6.45) is -3.93. The van der Waals surface area contributed by atoms with E-state index in [4.69, 9.17) is 10.5 Å². The number of nitrogens with one attached hydrogen (secondary N) is 2. The number of aliphatic hydroxyl groups excluding tert-OH is 3. The summed E-state index contributed by atoms with van der Waals surface area (Å²) >= 11 is 0. The molecule has 0 bridgehead atoms. The molecule has 192 valence electrons. The summed E-state index contributed by atoms with van der Waals surface area (Å²) in [6, 6.07) is 10.9. The van der Waals surface area contributed by atoms with Gasteiger partial charge in [-0.3, -0.25) is 14.9 Å². The molecule has 8 N–H and O–H groups in total. The quantitative estimate of drug-likeness (QED) is 0.171. The molecular formula is C24H28N4O8. The molecule has 0 unspecified atom stereocenters. The van der Waals surface area contributed by atoms with Crippen molar-refractivity contribution in [3.05, 3.63) is 59.9 Å². The molecule has 12 heteroatoms. The molecule has 0 radical (unpaired) electrons. The minimum Gasteiger partial charge on any atom is -0.478 e. The Hall–Kier alpha value is -4.00. The fourth-order valence-corrected chi connectivity index (χ4v) is 3.88. The number of carbonyl (C=O) groups excluding carboxylic acids is 2. The molecular weight excluding hydrogens is 472 g/mol. The van der Waals surface area contributed by atoms with Gasteiger partial charge in [-0.05, 0) is 22.4 Å². The number of aliphatic carboxylic acids is 1. The first-order valence-electron chi connectivity index (χ1n) is 11.1. The van der Waals surface area contributed by atoms with Crippen LogP contribution in [0.2, 0.25) is 0 Å². The zero-order valence-electron chi connectivity index (χ0n) is 19.4. The predicted molar refractivity (Wildman–Crippen MR) is 129 cm³/mol. The number of guanidine groups is 1. The van der Waals surface area contributed by atoms with E-state index in [9.17, 15) is 34.8 Å². The van der Waals surface area contributed by atoms with Gasteiger partial charge >= 0.3 is 5.97 Å². The van der Waals surface area contributed by atoms with Crippen LogP contribution in [0.3, 0.4) is 0 Å². The number of fused-ring (bicyclic) bond motifs is 1. The van der Waals surface area contributed by atoms with Crippen LogP contribution < -0.4 is 16.4 Å². The van der Waals surface area contributed by atoms with Crippen LogP contribution in [0.25, 0.3) is 10.8 Å². The predicted octanol–water partition coefficient (Wildman–Crippen LogP) is -1.23. The van der Waals surface area contributed by atoms with Gasteiger partial charge in [-0.15, -0.1) is 0 Å². The SMILES string of the molecule is CC(=O)N[C@H]1[C@H]([C@H](O)[C@H](O)CO)OC(C(=O)O)=C[C@@H]1N=C(N)NC(=O)Cc1ccc2ccccc2c1. The largest absolute Gasteiger partial charge is 0.478 e. The van der Waals surface area contributed by atoms with E-state index < -0.39 is 60.5 Å². The lowest BCUT2D eigenvalue weighted by atomic mass is 9.92. The Bertz CT molecular complexity index is 1200. The monoisotopic (exact) mass is 500 g/mol. The number of nitrogens with zero attached hydrogens (tertiary/aromatic N) is 1. The molecule has 5 atom stereocenters. The molecule has 3 rings (SSSR count). The Labute approximate surface area is 206 Å². The third kappa shape index (κ3) is 6.56. The molecule has 0 aromatic heterocycles. The number of carboxylic acid groups (broad SMARTS) is 1. The summed E-state index contributed by atoms with van der Waals surface area (Å²) in [5, 5.41) is 45.8. The zero-order chi connectivity index (χ0) is 26.4. The van der Waals surface area contributed by atoms with Gasteiger partial charge in [-0.25, -0.2) is 9.79 Å². The molecule has 36 heavy (non-hydrogen) atoms. The molecule has 2 aromatic rings. The maximum atomic E-state index is 12.6. The molecule has 2 amide bonds. The summed E-state index contributed by atoms with van der Waals surface area (Å²) < 4.78 is 5.28. The van der Waals surface area contributed by atoms with Crippen LogP contribution in [0.15, 0.2) is 59.3 Å². The average molecular weight is 501 g/mol. The molecule has 0 spiro atoms. The highest BCUT2D eigenvalue weighted by Gasteiger charge is 2.43. The van der Waals surface area contributed by atoms with Gasteiger partial charge in [-0.1, -0.05) is 42.5 Å². The number of hydrogen-bond acceptors (Lipinski definition) is 8. The van der Waals surface area contributed by atoms with Crippen molar-refractivity contribution in [2.75, 3.05) is 6.61 Å². The summed E-state index contributed by atoms with van der Waals surface area (Å²) in [7, 11) is 0. The summed E-state index contributed by atoms with van der Waals surface area (Å²) in [5.41, 5.74) is 6.64. The van der Waals surface area contributed by atoms with Crippen molar-refractivity contribution in [2.24, 2.45) is 10.7 Å². The van der Waals surface area contributed by atoms with Gasteiger partial charge in [-0.2, -0.15) is 0 Å². The van der Waals surface area contributed by atoms with Crippen LogP contribution in [0, 0.1) is 0 Å². The minimum absolute atomic E-state index is 0.00972. The first-order valence-corrected chi connectivity index (χ1v) is 11.1. The van der Waals surface area contributed by atoms with E-state index >= 15 is 0 Å². The van der Waals surface area contributed by atoms with Crippen LogP contribution in [0.4, 0.5) is 0 Å². The Kier molecular flexibility index (Phi) is 8.59. The lowest BCUT2D eigenvalue weighted by Crippen LogP contribution is -2.60. The molecule has 0 saturated carbocycles. The second-order valence-electron chi connectivity index (χ2n) is 8.30. The third-order valence-corrected chi connectivity index (χ3v) is 5.54. The van der Waals surface area contributed by atoms with E-state index in [1.54, 1.807) is 6.07 Å². The van der Waals surface area contributed by atoms with Crippen molar-refractivity contribution in [3.63, 3.8) is 0 Å². The highest BCUT2D eigenvalue weighted by molar-refractivity contribution is 5.97. The smallest absolute Gasteiger partial charge is 0.370 e. The normalized spacial score (nSPS) is 21.6. The fourth-order valence-electron chi connectivity index (χ4n) is 3.88. The van der Waals surface area contributed by atoms with Gasteiger partial charge in [0.15, 0.2) is 5.96 Å². The number of amides is 2. The van der Waals surface area contributed by atoms with E-state index in [1.165, 1.54) is 6.92 Å². The lowest BCUT2D eigenvalue weighted by molar-refractivity contribution is -0.145. The van der Waals surface area contributed by atoms with Gasteiger partial charge in [0.25, 0.3) is 0 Å². The Morgan fingerprint density at radius 2 is 1.83 bits per heavy atom. The van der Waals surface area contributed by atoms with Crippen molar-refractivity contribution >= 4 is 34.5 Å². The number of carbonyl (C=O) groups is 3. The van der Waals surface area contributed by atoms with Gasteiger partial charge in [0.2, 0.25) is 17.6 Å². The number of rotatable bonds is 8. The van der Waals surface area contributed by atoms with Crippen LogP contribution in [-0.2, 0) is 25.5 Å². The number of carboxylic acids is 1. The molecule has 12 nitrogen and oxygen atoms in total. The van der Waals surface area contributed by atoms with E-state index in [2.05, 4.69) is 15.6 Å². The maximum absolute atomic E-state index is 12.6. The van der Waals surface area contributed by atoms with Crippen LogP contribution in [-0.4, -0.2) is 81.2 Å². The highest BCUT2D eigenvalue weighted by Crippen LogP contribution is 2.25. The van der Waals surface area contributed by atoms with E-state index in [0.717, 1.165) is 22.4 Å². The van der Waals surface area contributed by atoms with Gasteiger partial charge in [0, 0.05) is 6.92 Å². The number of hydrogen-bond donors (Lipinski definition) is 7. The maximum Gasteiger partial charge on any atom is 0.370 e. The number of nitrogens with two attached hydrogens (primary N) is 1. The number of aliphatic hydroxyl groups is 3. The van der Waals surface area contributed by atoms with Crippen LogP contribution >= 0.6 is 0 Å². The minimum atomic E-state index is -1.78. The van der Waals surface area contributed by atoms with Crippen LogP contribution in [0.5, 0.6) is 0 Å². The second-order valence-corrected chi connectivity index (χ2v) is 8.30. The standard InChI is InChI=1S/C24H28N4O8/c1-12(30)26-20-16(10-18(23(34)35)36-22(20)21(33)17(31)11-29)27-24(25)28-19(32)9-13-6-7-14-4-2-3-5-15(14)8-13/h2-8,10,16-17,20-22,29,31,33H,9,11H2,1H3,(H,26,30)(H,34,35)(H3,25,27,28,32)/t16-,17+,20+,21+,22+/m0/s1. The van der Waals surface area contributed by atoms with E-state index in [1.807, 2.05) is 36.4 Å². The number of ether oxygens (including phenoxy) is 1. The first kappa shape index (κ1) is 26.6. The fraction of sp³-hybridized carbons (Fsp3) is 0.333. The summed E-state index contributed by atoms with van der Waals surface area (Å²) in [5.74, 6) is -3.52. The van der Waals surface area contributed by atoms with Crippen molar-refractivity contribution in [3.8, 4) is 0 Å². The molecule has 0 fully saturated rings. The highest BCUT2D eigenvalue weighted by atomic mass is 16.5. The van der Waals surface area contributed by atoms with E-state index in [-0.39, 0.29) is 12.4 Å². The molecule has 1 heterocycles. The number of aliphatic imine (C=N–C) groups is 1. The first-order chi connectivity index (χ1) is 17.1. The van der Waals surface area contributed by atoms with Crippen molar-refractivity contribution in [1.29, 1.82) is 0 Å². The van der Waals surface area contributed by atoms with Crippen LogP contribution in [0.1, 0.15) is 12.5 Å². The lowest BCUT2D eigenvalue weighted by Gasteiger charge is -2.38. The summed E-state index contributed by atoms with van der Waals surface area (Å²) in [4.78, 5) is 40.0. The molecule has 2 aromatic carbocycles. The molecule has 0 aliphatic carbocycles. The molecule has 0 saturated heterocycles. The third-order valence-electron chi connectivity index (χ3n) is 5.54. The Morgan fingerprint density at radius 1 is 1.14 bits per heavy atom. The number of benzene rings is 2. The topological polar surface area (TPSA) is 204 Å². The van der Waals surface area contributed by atoms with Gasteiger partial charge in [0.05, 0.1) is 25.1 Å². The zero-order valence-corrected chi connectivity index (χ0v) is 19.4. The van der Waals surface area contributed by atoms with Crippen molar-refractivity contribution < 1.29 is 39.5 Å². The summed E-state index contributed by atoms with van der Waals surface area (Å²) in [6.45, 7) is 0.332. The Morgan fingerprint density at radius 3 is 2.47 bits per heavy atom. The second kappa shape index (κ2) is 11.6. The van der Waals surface area contributed by atoms with E-state index in [0.29, 0.717) is 0 Å². The molecule has 1 aliphatic rings. The Balaban J connectivity index is 1.82. The van der Waals surface area contributed by atoms with Crippen molar-refractivity contribution in [2.45, 2.75) is 43.7 Å².